The molecular weight excluding hydrogens is 266 g/mol. The molecule has 20 heavy (non-hydrogen) atoms. The lowest BCUT2D eigenvalue weighted by molar-refractivity contribution is 0.237. The second-order valence-electron chi connectivity index (χ2n) is 5.30. The molecule has 0 aromatic carbocycles. The van der Waals surface area contributed by atoms with Crippen molar-refractivity contribution >= 4 is 11.3 Å². The van der Waals surface area contributed by atoms with E-state index in [1.54, 1.807) is 11.3 Å². The molecule has 1 saturated heterocycles. The predicted molar refractivity (Wildman–Crippen MR) is 84.2 cm³/mol. The first-order valence-corrected chi connectivity index (χ1v) is 8.19. The summed E-state index contributed by atoms with van der Waals surface area (Å²) in [5.74, 6) is 0. The van der Waals surface area contributed by atoms with Gasteiger partial charge in [-0.25, -0.2) is 0 Å². The molecule has 2 aromatic heterocycles. The Morgan fingerprint density at radius 3 is 3.05 bits per heavy atom. The summed E-state index contributed by atoms with van der Waals surface area (Å²) >= 11 is 1.77. The molecule has 1 unspecified atom stereocenters. The van der Waals surface area contributed by atoms with Gasteiger partial charge in [-0.05, 0) is 53.9 Å². The fourth-order valence-corrected chi connectivity index (χ4v) is 3.56. The van der Waals surface area contributed by atoms with Crippen LogP contribution in [0.3, 0.4) is 0 Å². The Hall–Kier alpha value is -1.23. The molecule has 4 heteroatoms. The van der Waals surface area contributed by atoms with Crippen molar-refractivity contribution < 1.29 is 0 Å². The van der Waals surface area contributed by atoms with E-state index in [1.165, 1.54) is 23.2 Å². The van der Waals surface area contributed by atoms with Gasteiger partial charge >= 0.3 is 0 Å². The maximum Gasteiger partial charge on any atom is 0.0787 e. The molecule has 0 amide bonds. The van der Waals surface area contributed by atoms with Crippen LogP contribution in [0.4, 0.5) is 0 Å². The Bertz CT molecular complexity index is 530. The minimum absolute atomic E-state index is 0.294. The number of pyridine rings is 1. The van der Waals surface area contributed by atoms with E-state index in [9.17, 15) is 0 Å². The molecule has 2 aromatic rings. The number of hydrogen-bond donors (Lipinski definition) is 1. The van der Waals surface area contributed by atoms with Crippen molar-refractivity contribution in [3.05, 3.63) is 52.0 Å². The van der Waals surface area contributed by atoms with E-state index in [2.05, 4.69) is 45.0 Å². The number of thiophene rings is 1. The van der Waals surface area contributed by atoms with Crippen LogP contribution in [0.15, 0.2) is 35.2 Å². The molecule has 1 atom stereocenters. The molecule has 1 fully saturated rings. The van der Waals surface area contributed by atoms with Gasteiger partial charge in [-0.1, -0.05) is 6.07 Å². The largest absolute Gasteiger partial charge is 0.315 e. The summed E-state index contributed by atoms with van der Waals surface area (Å²) in [5, 5.41) is 7.91. The minimum Gasteiger partial charge on any atom is -0.315 e. The normalized spacial score (nSPS) is 18.6. The zero-order chi connectivity index (χ0) is 13.8. The quantitative estimate of drug-likeness (QED) is 0.941. The van der Waals surface area contributed by atoms with E-state index >= 15 is 0 Å². The highest BCUT2D eigenvalue weighted by molar-refractivity contribution is 7.08. The second-order valence-corrected chi connectivity index (χ2v) is 6.08. The number of rotatable bonds is 3. The van der Waals surface area contributed by atoms with Crippen LogP contribution in [-0.4, -0.2) is 36.1 Å². The van der Waals surface area contributed by atoms with Crippen molar-refractivity contribution in [1.82, 2.24) is 15.2 Å². The number of hydrogen-bond acceptors (Lipinski definition) is 4. The van der Waals surface area contributed by atoms with Gasteiger partial charge in [-0.3, -0.25) is 9.88 Å². The van der Waals surface area contributed by atoms with Crippen molar-refractivity contribution in [3.63, 3.8) is 0 Å². The number of nitrogens with one attached hydrogen (secondary N) is 1. The lowest BCUT2D eigenvalue weighted by Gasteiger charge is -2.30. The van der Waals surface area contributed by atoms with Crippen LogP contribution in [0.5, 0.6) is 0 Å². The topological polar surface area (TPSA) is 28.2 Å². The monoisotopic (exact) mass is 287 g/mol. The van der Waals surface area contributed by atoms with Crippen LogP contribution in [0, 0.1) is 6.92 Å². The van der Waals surface area contributed by atoms with Gasteiger partial charge in [0, 0.05) is 25.8 Å². The summed E-state index contributed by atoms with van der Waals surface area (Å²) in [4.78, 5) is 7.25. The van der Waals surface area contributed by atoms with Gasteiger partial charge < -0.3 is 5.32 Å². The molecule has 0 aliphatic carbocycles. The highest BCUT2D eigenvalue weighted by Crippen LogP contribution is 2.30. The van der Waals surface area contributed by atoms with E-state index in [1.807, 2.05) is 12.3 Å². The molecule has 1 aliphatic rings. The van der Waals surface area contributed by atoms with Gasteiger partial charge in [0.1, 0.15) is 0 Å². The van der Waals surface area contributed by atoms with Crippen LogP contribution < -0.4 is 5.32 Å². The van der Waals surface area contributed by atoms with Crippen LogP contribution in [0.25, 0.3) is 0 Å². The van der Waals surface area contributed by atoms with Crippen LogP contribution in [0.1, 0.15) is 29.3 Å². The van der Waals surface area contributed by atoms with E-state index < -0.39 is 0 Å². The average Bonchev–Trinajstić information content (AvgIpc) is 2.85. The first-order valence-electron chi connectivity index (χ1n) is 7.24. The van der Waals surface area contributed by atoms with E-state index in [0.29, 0.717) is 6.04 Å². The zero-order valence-electron chi connectivity index (χ0n) is 11.9. The summed E-state index contributed by atoms with van der Waals surface area (Å²) in [7, 11) is 0. The summed E-state index contributed by atoms with van der Waals surface area (Å²) < 4.78 is 0. The molecule has 106 valence electrons. The maximum atomic E-state index is 4.68. The van der Waals surface area contributed by atoms with Gasteiger partial charge in [0.05, 0.1) is 11.7 Å². The van der Waals surface area contributed by atoms with Crippen molar-refractivity contribution in [1.29, 1.82) is 0 Å². The third kappa shape index (κ3) is 2.92. The first-order chi connectivity index (χ1) is 9.86. The molecule has 1 N–H and O–H groups in total. The fourth-order valence-electron chi connectivity index (χ4n) is 2.88. The van der Waals surface area contributed by atoms with Crippen molar-refractivity contribution in [2.24, 2.45) is 0 Å². The predicted octanol–water partition coefficient (Wildman–Crippen LogP) is 2.84. The number of aromatic nitrogens is 1. The highest BCUT2D eigenvalue weighted by Gasteiger charge is 2.25. The summed E-state index contributed by atoms with van der Waals surface area (Å²) in [6, 6.07) is 6.72. The molecular formula is C16H21N3S. The molecule has 0 bridgehead atoms. The Morgan fingerprint density at radius 1 is 1.30 bits per heavy atom. The zero-order valence-corrected chi connectivity index (χ0v) is 12.7. The van der Waals surface area contributed by atoms with Gasteiger partial charge in [0.25, 0.3) is 0 Å². The lowest BCUT2D eigenvalue weighted by Crippen LogP contribution is -2.33. The summed E-state index contributed by atoms with van der Waals surface area (Å²) in [6.45, 7) is 6.55. The fraction of sp³-hybridized carbons (Fsp3) is 0.438. The van der Waals surface area contributed by atoms with Gasteiger partial charge in [-0.2, -0.15) is 11.3 Å². The first kappa shape index (κ1) is 13.7. The molecule has 3 nitrogen and oxygen atoms in total. The Morgan fingerprint density at radius 2 is 2.25 bits per heavy atom. The molecule has 3 heterocycles. The smallest absolute Gasteiger partial charge is 0.0787 e. The van der Waals surface area contributed by atoms with E-state index in [0.717, 1.165) is 26.2 Å². The third-order valence-electron chi connectivity index (χ3n) is 3.91. The molecule has 0 radical (unpaired) electrons. The van der Waals surface area contributed by atoms with Crippen LogP contribution >= 0.6 is 11.3 Å². The number of aryl methyl sites for hydroxylation is 1. The lowest BCUT2D eigenvalue weighted by atomic mass is 10.0. The standard InChI is InChI=1S/C16H21N3S/c1-13-4-2-7-18-15(13)16(14-5-11-20-12-14)19-9-3-6-17-8-10-19/h2,4-5,7,11-12,16-17H,3,6,8-10H2,1H3. The highest BCUT2D eigenvalue weighted by atomic mass is 32.1. The molecule has 0 saturated carbocycles. The SMILES string of the molecule is Cc1cccnc1C(c1ccsc1)N1CCCNCC1. The Balaban J connectivity index is 1.98. The number of nitrogens with zero attached hydrogens (tertiary/aromatic N) is 2. The minimum atomic E-state index is 0.294. The van der Waals surface area contributed by atoms with Crippen molar-refractivity contribution in [2.45, 2.75) is 19.4 Å². The third-order valence-corrected chi connectivity index (χ3v) is 4.61. The molecule has 0 spiro atoms. The van der Waals surface area contributed by atoms with Gasteiger partial charge in [0.15, 0.2) is 0 Å². The Kier molecular flexibility index (Phi) is 4.45. The molecule has 3 rings (SSSR count). The molecule has 1 aliphatic heterocycles. The van der Waals surface area contributed by atoms with Crippen LogP contribution in [0.2, 0.25) is 0 Å². The maximum absolute atomic E-state index is 4.68. The Labute approximate surface area is 124 Å². The van der Waals surface area contributed by atoms with Gasteiger partial charge in [-0.15, -0.1) is 0 Å². The van der Waals surface area contributed by atoms with Crippen molar-refractivity contribution in [2.75, 3.05) is 26.2 Å². The van der Waals surface area contributed by atoms with Crippen LogP contribution in [-0.2, 0) is 0 Å². The average molecular weight is 287 g/mol. The summed E-state index contributed by atoms with van der Waals surface area (Å²) in [5.41, 5.74) is 3.85. The van der Waals surface area contributed by atoms with E-state index in [-0.39, 0.29) is 0 Å². The van der Waals surface area contributed by atoms with Gasteiger partial charge in [0.2, 0.25) is 0 Å². The second kappa shape index (κ2) is 6.48. The van der Waals surface area contributed by atoms with E-state index in [4.69, 9.17) is 0 Å². The van der Waals surface area contributed by atoms with Crippen molar-refractivity contribution in [3.8, 4) is 0 Å². The summed E-state index contributed by atoms with van der Waals surface area (Å²) in [6.07, 6.45) is 3.12.